The van der Waals surface area contributed by atoms with E-state index in [1.807, 2.05) is 18.2 Å². The third-order valence-electron chi connectivity index (χ3n) is 4.83. The molecular weight excluding hydrogens is 250 g/mol. The predicted molar refractivity (Wildman–Crippen MR) is 77.1 cm³/mol. The second-order valence-electron chi connectivity index (χ2n) is 6.04. The molecular formula is C17H21NO2. The lowest BCUT2D eigenvalue weighted by Crippen LogP contribution is -2.51. The number of nitrogens with zero attached hydrogens (tertiary/aromatic N) is 1. The van der Waals surface area contributed by atoms with E-state index in [1.165, 1.54) is 5.56 Å². The Morgan fingerprint density at radius 3 is 2.60 bits per heavy atom. The van der Waals surface area contributed by atoms with Crippen molar-refractivity contribution in [3.63, 3.8) is 0 Å². The van der Waals surface area contributed by atoms with Crippen LogP contribution in [0.2, 0.25) is 0 Å². The lowest BCUT2D eigenvalue weighted by Gasteiger charge is -2.46. The van der Waals surface area contributed by atoms with Crippen LogP contribution in [0.3, 0.4) is 0 Å². The standard InChI is InChI=1S/C17H21NO2/c1-12(13-5-3-2-4-6-13)18-16-9-8-15(19)11-14(16)7-10-17(18)20/h2-6,12,14,16H,7-11H2,1H3/t12-,14-,16-/m0/s1. The molecule has 0 aromatic heterocycles. The van der Waals surface area contributed by atoms with Gasteiger partial charge < -0.3 is 4.90 Å². The Labute approximate surface area is 120 Å². The van der Waals surface area contributed by atoms with Crippen molar-refractivity contribution in [3.05, 3.63) is 35.9 Å². The lowest BCUT2D eigenvalue weighted by molar-refractivity contribution is -0.146. The molecule has 0 spiro atoms. The molecule has 20 heavy (non-hydrogen) atoms. The zero-order valence-corrected chi connectivity index (χ0v) is 11.9. The monoisotopic (exact) mass is 271 g/mol. The first kappa shape index (κ1) is 13.3. The number of benzene rings is 1. The second-order valence-corrected chi connectivity index (χ2v) is 6.04. The van der Waals surface area contributed by atoms with Gasteiger partial charge in [-0.3, -0.25) is 9.59 Å². The van der Waals surface area contributed by atoms with Crippen LogP contribution < -0.4 is 0 Å². The number of amides is 1. The zero-order chi connectivity index (χ0) is 14.1. The molecule has 3 nitrogen and oxygen atoms in total. The molecule has 0 unspecified atom stereocenters. The van der Waals surface area contributed by atoms with Crippen molar-refractivity contribution in [2.24, 2.45) is 5.92 Å². The summed E-state index contributed by atoms with van der Waals surface area (Å²) < 4.78 is 0. The number of fused-ring (bicyclic) bond motifs is 1. The molecule has 3 atom stereocenters. The van der Waals surface area contributed by atoms with Crippen molar-refractivity contribution < 1.29 is 9.59 Å². The lowest BCUT2D eigenvalue weighted by atomic mass is 9.76. The van der Waals surface area contributed by atoms with Crippen LogP contribution in [0, 0.1) is 5.92 Å². The second kappa shape index (κ2) is 5.39. The van der Waals surface area contributed by atoms with Crippen molar-refractivity contribution in [2.75, 3.05) is 0 Å². The number of carbonyl (C=O) groups is 2. The van der Waals surface area contributed by atoms with Crippen molar-refractivity contribution in [2.45, 2.75) is 51.1 Å². The molecule has 3 heteroatoms. The van der Waals surface area contributed by atoms with E-state index in [0.717, 1.165) is 12.8 Å². The molecule has 2 fully saturated rings. The van der Waals surface area contributed by atoms with Crippen LogP contribution in [0.1, 0.15) is 50.6 Å². The van der Waals surface area contributed by atoms with Gasteiger partial charge in [0.15, 0.2) is 0 Å². The molecule has 0 N–H and O–H groups in total. The maximum Gasteiger partial charge on any atom is 0.223 e. The highest BCUT2D eigenvalue weighted by Gasteiger charge is 2.41. The van der Waals surface area contributed by atoms with E-state index in [1.54, 1.807) is 0 Å². The molecule has 106 valence electrons. The van der Waals surface area contributed by atoms with Gasteiger partial charge in [-0.2, -0.15) is 0 Å². The normalized spacial score (nSPS) is 28.1. The van der Waals surface area contributed by atoms with E-state index in [2.05, 4.69) is 24.0 Å². The Bertz CT molecular complexity index is 511. The molecule has 1 aliphatic heterocycles. The minimum Gasteiger partial charge on any atom is -0.333 e. The van der Waals surface area contributed by atoms with Gasteiger partial charge in [-0.1, -0.05) is 30.3 Å². The van der Waals surface area contributed by atoms with Gasteiger partial charge in [0.05, 0.1) is 6.04 Å². The average molecular weight is 271 g/mol. The quantitative estimate of drug-likeness (QED) is 0.829. The van der Waals surface area contributed by atoms with E-state index in [9.17, 15) is 9.59 Å². The van der Waals surface area contributed by atoms with Gasteiger partial charge in [0.25, 0.3) is 0 Å². The molecule has 0 bridgehead atoms. The molecule has 1 heterocycles. The van der Waals surface area contributed by atoms with Crippen molar-refractivity contribution in [3.8, 4) is 0 Å². The highest BCUT2D eigenvalue weighted by molar-refractivity contribution is 5.82. The van der Waals surface area contributed by atoms with Crippen LogP contribution in [0.15, 0.2) is 30.3 Å². The molecule has 1 aromatic rings. The topological polar surface area (TPSA) is 37.4 Å². The number of likely N-dealkylation sites (tertiary alicyclic amines) is 1. The number of ketones is 1. The minimum absolute atomic E-state index is 0.102. The minimum atomic E-state index is 0.102. The fourth-order valence-electron chi connectivity index (χ4n) is 3.75. The molecule has 1 saturated carbocycles. The highest BCUT2D eigenvalue weighted by Crippen LogP contribution is 2.38. The van der Waals surface area contributed by atoms with Crippen LogP contribution in [0.25, 0.3) is 0 Å². The van der Waals surface area contributed by atoms with Gasteiger partial charge in [-0.15, -0.1) is 0 Å². The number of rotatable bonds is 2. The smallest absolute Gasteiger partial charge is 0.223 e. The van der Waals surface area contributed by atoms with Gasteiger partial charge in [-0.25, -0.2) is 0 Å². The Morgan fingerprint density at radius 2 is 1.85 bits per heavy atom. The van der Waals surface area contributed by atoms with Crippen LogP contribution >= 0.6 is 0 Å². The molecule has 1 aliphatic carbocycles. The van der Waals surface area contributed by atoms with E-state index < -0.39 is 0 Å². The zero-order valence-electron chi connectivity index (χ0n) is 11.9. The first-order valence-corrected chi connectivity index (χ1v) is 7.54. The number of piperidine rings is 1. The number of hydrogen-bond donors (Lipinski definition) is 0. The van der Waals surface area contributed by atoms with E-state index >= 15 is 0 Å². The summed E-state index contributed by atoms with van der Waals surface area (Å²) in [5.74, 6) is 0.991. The summed E-state index contributed by atoms with van der Waals surface area (Å²) in [6, 6.07) is 10.5. The SMILES string of the molecule is C[C@@H](c1ccccc1)N1C(=O)CC[C@H]2CC(=O)CC[C@@H]21. The van der Waals surface area contributed by atoms with Crippen molar-refractivity contribution >= 4 is 11.7 Å². The number of hydrogen-bond acceptors (Lipinski definition) is 2. The maximum absolute atomic E-state index is 12.4. The predicted octanol–water partition coefficient (Wildman–Crippen LogP) is 3.11. The van der Waals surface area contributed by atoms with Gasteiger partial charge in [0, 0.05) is 25.3 Å². The van der Waals surface area contributed by atoms with Crippen LogP contribution in [0.5, 0.6) is 0 Å². The summed E-state index contributed by atoms with van der Waals surface area (Å²) >= 11 is 0. The summed E-state index contributed by atoms with van der Waals surface area (Å²) in [6.45, 7) is 2.10. The van der Waals surface area contributed by atoms with E-state index in [-0.39, 0.29) is 18.0 Å². The summed E-state index contributed by atoms with van der Waals surface area (Å²) in [6.07, 6.45) is 3.60. The molecule has 1 amide bonds. The molecule has 2 aliphatic rings. The fourth-order valence-corrected chi connectivity index (χ4v) is 3.75. The molecule has 0 radical (unpaired) electrons. The third kappa shape index (κ3) is 2.37. The number of Topliss-reactive ketones (excluding diaryl/α,β-unsaturated/α-hetero) is 1. The van der Waals surface area contributed by atoms with E-state index in [4.69, 9.17) is 0 Å². The fraction of sp³-hybridized carbons (Fsp3) is 0.529. The van der Waals surface area contributed by atoms with E-state index in [0.29, 0.717) is 31.0 Å². The summed E-state index contributed by atoms with van der Waals surface area (Å²) in [5, 5.41) is 0. The van der Waals surface area contributed by atoms with Crippen LogP contribution in [0.4, 0.5) is 0 Å². The Hall–Kier alpha value is -1.64. The van der Waals surface area contributed by atoms with Crippen molar-refractivity contribution in [1.29, 1.82) is 0 Å². The Balaban J connectivity index is 1.86. The molecule has 1 saturated heterocycles. The highest BCUT2D eigenvalue weighted by atomic mass is 16.2. The molecule has 3 rings (SSSR count). The van der Waals surface area contributed by atoms with Gasteiger partial charge >= 0.3 is 0 Å². The first-order valence-electron chi connectivity index (χ1n) is 7.54. The number of carbonyl (C=O) groups excluding carboxylic acids is 2. The van der Waals surface area contributed by atoms with Crippen LogP contribution in [-0.4, -0.2) is 22.6 Å². The summed E-state index contributed by atoms with van der Waals surface area (Å²) in [4.78, 5) is 26.1. The largest absolute Gasteiger partial charge is 0.333 e. The Morgan fingerprint density at radius 1 is 1.10 bits per heavy atom. The molecule has 1 aromatic carbocycles. The summed E-state index contributed by atoms with van der Waals surface area (Å²) in [5.41, 5.74) is 1.18. The van der Waals surface area contributed by atoms with Crippen molar-refractivity contribution in [1.82, 2.24) is 4.90 Å². The average Bonchev–Trinajstić information content (AvgIpc) is 2.48. The third-order valence-corrected chi connectivity index (χ3v) is 4.83. The van der Waals surface area contributed by atoms with Gasteiger partial charge in [-0.05, 0) is 31.2 Å². The first-order chi connectivity index (χ1) is 9.66. The van der Waals surface area contributed by atoms with Gasteiger partial charge in [0.2, 0.25) is 5.91 Å². The summed E-state index contributed by atoms with van der Waals surface area (Å²) in [7, 11) is 0. The maximum atomic E-state index is 12.4. The van der Waals surface area contributed by atoms with Gasteiger partial charge in [0.1, 0.15) is 5.78 Å². The Kier molecular flexibility index (Phi) is 3.60. The van der Waals surface area contributed by atoms with Crippen LogP contribution in [-0.2, 0) is 9.59 Å².